The van der Waals surface area contributed by atoms with Crippen molar-refractivity contribution in [3.05, 3.63) is 36.7 Å². The Balaban J connectivity index is 2.82. The summed E-state index contributed by atoms with van der Waals surface area (Å²) in [6, 6.07) is 3.76. The Kier molecular flexibility index (Phi) is 1.47. The number of hydrogen-bond acceptors (Lipinski definition) is 2. The van der Waals surface area contributed by atoms with E-state index in [2.05, 4.69) is 11.6 Å². The van der Waals surface area contributed by atoms with Gasteiger partial charge in [0.2, 0.25) is 0 Å². The van der Waals surface area contributed by atoms with Crippen LogP contribution in [0.1, 0.15) is 12.5 Å². The summed E-state index contributed by atoms with van der Waals surface area (Å²) in [5.41, 5.74) is 3.74. The van der Waals surface area contributed by atoms with Crippen LogP contribution < -0.4 is 0 Å². The number of aromatic nitrogens is 1. The average Bonchev–Trinajstić information content (AvgIpc) is 2.49. The van der Waals surface area contributed by atoms with Gasteiger partial charge in [0, 0.05) is 17.8 Å². The summed E-state index contributed by atoms with van der Waals surface area (Å²) in [5.74, 6) is 0. The highest BCUT2D eigenvalue weighted by molar-refractivity contribution is 5.85. The molecular weight excluding hydrogens is 150 g/mol. The second kappa shape index (κ2) is 2.48. The van der Waals surface area contributed by atoms with Gasteiger partial charge < -0.3 is 4.42 Å². The number of furan rings is 1. The zero-order chi connectivity index (χ0) is 8.55. The SMILES string of the molecule is C=C(C)c1ccnc2ccoc12. The Bertz CT molecular complexity index is 428. The molecule has 0 aliphatic carbocycles. The molecule has 0 aliphatic heterocycles. The fourth-order valence-electron chi connectivity index (χ4n) is 1.21. The summed E-state index contributed by atoms with van der Waals surface area (Å²) in [5, 5.41) is 0. The van der Waals surface area contributed by atoms with Gasteiger partial charge in [-0.2, -0.15) is 0 Å². The van der Waals surface area contributed by atoms with Gasteiger partial charge in [0.25, 0.3) is 0 Å². The highest BCUT2D eigenvalue weighted by Gasteiger charge is 2.03. The minimum atomic E-state index is 0.824. The molecule has 0 radical (unpaired) electrons. The maximum Gasteiger partial charge on any atom is 0.159 e. The second-order valence-corrected chi connectivity index (χ2v) is 2.77. The maximum atomic E-state index is 5.29. The third kappa shape index (κ3) is 0.925. The number of rotatable bonds is 1. The highest BCUT2D eigenvalue weighted by Crippen LogP contribution is 2.22. The largest absolute Gasteiger partial charge is 0.462 e. The molecule has 0 aromatic carbocycles. The molecule has 2 aromatic rings. The molecule has 60 valence electrons. The molecule has 2 heteroatoms. The standard InChI is InChI=1S/C10H9NO/c1-7(2)8-3-5-11-9-4-6-12-10(8)9/h3-6H,1H2,2H3. The number of fused-ring (bicyclic) bond motifs is 1. The quantitative estimate of drug-likeness (QED) is 0.639. The van der Waals surface area contributed by atoms with Crippen molar-refractivity contribution in [2.24, 2.45) is 0 Å². The highest BCUT2D eigenvalue weighted by atomic mass is 16.3. The topological polar surface area (TPSA) is 26.0 Å². The van der Waals surface area contributed by atoms with Crippen LogP contribution >= 0.6 is 0 Å². The maximum absolute atomic E-state index is 5.29. The molecule has 2 rings (SSSR count). The number of pyridine rings is 1. The van der Waals surface area contributed by atoms with E-state index in [0.29, 0.717) is 0 Å². The van der Waals surface area contributed by atoms with Crippen molar-refractivity contribution in [3.8, 4) is 0 Å². The lowest BCUT2D eigenvalue weighted by atomic mass is 10.1. The molecule has 0 saturated carbocycles. The molecule has 2 aromatic heterocycles. The summed E-state index contributed by atoms with van der Waals surface area (Å²) in [4.78, 5) is 4.15. The van der Waals surface area contributed by atoms with Crippen molar-refractivity contribution in [1.29, 1.82) is 0 Å². The Morgan fingerprint density at radius 3 is 3.08 bits per heavy atom. The summed E-state index contributed by atoms with van der Waals surface area (Å²) in [7, 11) is 0. The Hall–Kier alpha value is -1.57. The Morgan fingerprint density at radius 1 is 1.50 bits per heavy atom. The summed E-state index contributed by atoms with van der Waals surface area (Å²) in [6.07, 6.45) is 3.41. The predicted octanol–water partition coefficient (Wildman–Crippen LogP) is 2.86. The lowest BCUT2D eigenvalue weighted by Crippen LogP contribution is -1.80. The minimum Gasteiger partial charge on any atom is -0.462 e. The predicted molar refractivity (Wildman–Crippen MR) is 48.7 cm³/mol. The summed E-state index contributed by atoms with van der Waals surface area (Å²) >= 11 is 0. The van der Waals surface area contributed by atoms with Crippen LogP contribution in [0.15, 0.2) is 35.6 Å². The van der Waals surface area contributed by atoms with Crippen LogP contribution in [-0.4, -0.2) is 4.98 Å². The van der Waals surface area contributed by atoms with Gasteiger partial charge in [0.1, 0.15) is 5.52 Å². The van der Waals surface area contributed by atoms with Crippen LogP contribution in [0, 0.1) is 0 Å². The van der Waals surface area contributed by atoms with Crippen LogP contribution in [0.3, 0.4) is 0 Å². The first kappa shape index (κ1) is 7.10. The second-order valence-electron chi connectivity index (χ2n) is 2.77. The average molecular weight is 159 g/mol. The number of allylic oxidation sites excluding steroid dienone is 1. The van der Waals surface area contributed by atoms with Gasteiger partial charge in [0.05, 0.1) is 6.26 Å². The lowest BCUT2D eigenvalue weighted by molar-refractivity contribution is 0.614. The van der Waals surface area contributed by atoms with Crippen LogP contribution in [0.2, 0.25) is 0 Å². The Labute approximate surface area is 70.5 Å². The van der Waals surface area contributed by atoms with E-state index in [9.17, 15) is 0 Å². The molecule has 0 unspecified atom stereocenters. The molecule has 0 fully saturated rings. The molecule has 0 atom stereocenters. The van der Waals surface area contributed by atoms with Crippen molar-refractivity contribution < 1.29 is 4.42 Å². The number of hydrogen-bond donors (Lipinski definition) is 0. The van der Waals surface area contributed by atoms with Crippen LogP contribution in [-0.2, 0) is 0 Å². The van der Waals surface area contributed by atoms with Crippen molar-refractivity contribution in [2.75, 3.05) is 0 Å². The Morgan fingerprint density at radius 2 is 2.33 bits per heavy atom. The molecule has 0 N–H and O–H groups in total. The molecule has 0 amide bonds. The van der Waals surface area contributed by atoms with E-state index in [4.69, 9.17) is 4.42 Å². The van der Waals surface area contributed by atoms with E-state index >= 15 is 0 Å². The van der Waals surface area contributed by atoms with E-state index < -0.39 is 0 Å². The lowest BCUT2D eigenvalue weighted by Gasteiger charge is -1.98. The van der Waals surface area contributed by atoms with Gasteiger partial charge in [-0.05, 0) is 18.6 Å². The van der Waals surface area contributed by atoms with Gasteiger partial charge in [-0.1, -0.05) is 6.58 Å². The van der Waals surface area contributed by atoms with Gasteiger partial charge in [-0.15, -0.1) is 0 Å². The smallest absolute Gasteiger partial charge is 0.159 e. The molecule has 2 nitrogen and oxygen atoms in total. The van der Waals surface area contributed by atoms with E-state index in [1.165, 1.54) is 0 Å². The number of nitrogens with zero attached hydrogens (tertiary/aromatic N) is 1. The third-order valence-corrected chi connectivity index (χ3v) is 1.80. The van der Waals surface area contributed by atoms with Crippen molar-refractivity contribution in [2.45, 2.75) is 6.92 Å². The van der Waals surface area contributed by atoms with Gasteiger partial charge in [-0.3, -0.25) is 4.98 Å². The third-order valence-electron chi connectivity index (χ3n) is 1.80. The minimum absolute atomic E-state index is 0.824. The van der Waals surface area contributed by atoms with E-state index in [-0.39, 0.29) is 0 Å². The fourth-order valence-corrected chi connectivity index (χ4v) is 1.21. The van der Waals surface area contributed by atoms with Gasteiger partial charge >= 0.3 is 0 Å². The van der Waals surface area contributed by atoms with Crippen molar-refractivity contribution in [3.63, 3.8) is 0 Å². The summed E-state index contributed by atoms with van der Waals surface area (Å²) in [6.45, 7) is 5.82. The summed E-state index contributed by atoms with van der Waals surface area (Å²) < 4.78 is 5.29. The molecule has 0 spiro atoms. The van der Waals surface area contributed by atoms with E-state index in [1.807, 2.05) is 19.1 Å². The monoisotopic (exact) mass is 159 g/mol. The normalized spacial score (nSPS) is 10.4. The first-order chi connectivity index (χ1) is 5.79. The first-order valence-electron chi connectivity index (χ1n) is 3.77. The molecule has 2 heterocycles. The van der Waals surface area contributed by atoms with E-state index in [1.54, 1.807) is 12.5 Å². The van der Waals surface area contributed by atoms with Gasteiger partial charge in [0.15, 0.2) is 5.58 Å². The zero-order valence-corrected chi connectivity index (χ0v) is 6.87. The van der Waals surface area contributed by atoms with Crippen LogP contribution in [0.25, 0.3) is 16.7 Å². The zero-order valence-electron chi connectivity index (χ0n) is 6.87. The van der Waals surface area contributed by atoms with Crippen LogP contribution in [0.5, 0.6) is 0 Å². The van der Waals surface area contributed by atoms with Gasteiger partial charge in [-0.25, -0.2) is 0 Å². The molecule has 0 saturated heterocycles. The molecular formula is C10H9NO. The first-order valence-corrected chi connectivity index (χ1v) is 3.77. The van der Waals surface area contributed by atoms with E-state index in [0.717, 1.165) is 22.2 Å². The molecule has 12 heavy (non-hydrogen) atoms. The van der Waals surface area contributed by atoms with Crippen LogP contribution in [0.4, 0.5) is 0 Å². The fraction of sp³-hybridized carbons (Fsp3) is 0.100. The molecule has 0 bridgehead atoms. The van der Waals surface area contributed by atoms with Crippen molar-refractivity contribution >= 4 is 16.7 Å². The molecule has 0 aliphatic rings. The van der Waals surface area contributed by atoms with Crippen molar-refractivity contribution in [1.82, 2.24) is 4.98 Å².